The molecule has 0 unspecified atom stereocenters. The number of hydrogen-bond donors (Lipinski definition) is 2. The van der Waals surface area contributed by atoms with E-state index < -0.39 is 0 Å². The van der Waals surface area contributed by atoms with Gasteiger partial charge in [-0.2, -0.15) is 0 Å². The molecule has 130 valence electrons. The van der Waals surface area contributed by atoms with Crippen LogP contribution in [0.25, 0.3) is 0 Å². The molecular formula is C16H30N6S. The van der Waals surface area contributed by atoms with Crippen molar-refractivity contribution >= 4 is 17.7 Å². The fraction of sp³-hybridized carbons (Fsp3) is 0.688. The van der Waals surface area contributed by atoms with Gasteiger partial charge in [0.25, 0.3) is 0 Å². The minimum absolute atomic E-state index is 0.581. The molecule has 0 aliphatic heterocycles. The topological polar surface area (TPSA) is 67.1 Å². The third-order valence-corrected chi connectivity index (χ3v) is 3.78. The lowest BCUT2D eigenvalue weighted by Crippen LogP contribution is -2.37. The number of hydrogen-bond acceptors (Lipinski definition) is 4. The lowest BCUT2D eigenvalue weighted by Gasteiger charge is -2.11. The van der Waals surface area contributed by atoms with Crippen LogP contribution in [0.5, 0.6) is 0 Å². The van der Waals surface area contributed by atoms with Crippen molar-refractivity contribution in [2.24, 2.45) is 10.9 Å². The molecule has 23 heavy (non-hydrogen) atoms. The standard InChI is InChI=1S/C16H30N6S/c1-6-10-18-15(17-7-2)19-11-8-9-14-20-21-16(23-5)22(14)12-13(3)4/h6,13H,1,7-12H2,2-5H3,(H2,17,18,19). The maximum atomic E-state index is 4.57. The van der Waals surface area contributed by atoms with Crippen molar-refractivity contribution in [1.82, 2.24) is 25.4 Å². The summed E-state index contributed by atoms with van der Waals surface area (Å²) in [6, 6.07) is 0. The van der Waals surface area contributed by atoms with Crippen LogP contribution in [0.2, 0.25) is 0 Å². The van der Waals surface area contributed by atoms with Gasteiger partial charge in [-0.1, -0.05) is 31.7 Å². The molecule has 1 heterocycles. The molecule has 0 spiro atoms. The van der Waals surface area contributed by atoms with Crippen LogP contribution in [0, 0.1) is 5.92 Å². The first-order valence-corrected chi connectivity index (χ1v) is 9.43. The van der Waals surface area contributed by atoms with Crippen molar-refractivity contribution in [3.05, 3.63) is 18.5 Å². The molecule has 0 aliphatic carbocycles. The maximum absolute atomic E-state index is 4.57. The van der Waals surface area contributed by atoms with Crippen LogP contribution in [-0.2, 0) is 13.0 Å². The summed E-state index contributed by atoms with van der Waals surface area (Å²) in [5, 5.41) is 16.0. The van der Waals surface area contributed by atoms with Gasteiger partial charge in [0, 0.05) is 32.6 Å². The van der Waals surface area contributed by atoms with Gasteiger partial charge < -0.3 is 15.2 Å². The lowest BCUT2D eigenvalue weighted by molar-refractivity contribution is 0.477. The Morgan fingerprint density at radius 2 is 2.17 bits per heavy atom. The number of aryl methyl sites for hydroxylation is 1. The van der Waals surface area contributed by atoms with E-state index in [4.69, 9.17) is 0 Å². The van der Waals surface area contributed by atoms with Gasteiger partial charge in [0.15, 0.2) is 11.1 Å². The predicted molar refractivity (Wildman–Crippen MR) is 99.1 cm³/mol. The Hall–Kier alpha value is -1.50. The summed E-state index contributed by atoms with van der Waals surface area (Å²) >= 11 is 1.65. The number of aliphatic imine (C=N–C) groups is 1. The highest BCUT2D eigenvalue weighted by Gasteiger charge is 2.12. The normalized spacial score (nSPS) is 11.8. The number of guanidine groups is 1. The molecule has 0 radical (unpaired) electrons. The highest BCUT2D eigenvalue weighted by molar-refractivity contribution is 7.98. The second kappa shape index (κ2) is 11.1. The highest BCUT2D eigenvalue weighted by atomic mass is 32.2. The molecule has 1 aromatic rings. The van der Waals surface area contributed by atoms with Crippen LogP contribution >= 0.6 is 11.8 Å². The predicted octanol–water partition coefficient (Wildman–Crippen LogP) is 2.33. The fourth-order valence-corrected chi connectivity index (χ4v) is 2.66. The number of aromatic nitrogens is 3. The van der Waals surface area contributed by atoms with Crippen LogP contribution in [-0.4, -0.2) is 46.6 Å². The Morgan fingerprint density at radius 3 is 2.78 bits per heavy atom. The van der Waals surface area contributed by atoms with Crippen LogP contribution in [0.3, 0.4) is 0 Å². The second-order valence-corrected chi connectivity index (χ2v) is 6.41. The van der Waals surface area contributed by atoms with Crippen LogP contribution in [0.1, 0.15) is 33.0 Å². The summed E-state index contributed by atoms with van der Waals surface area (Å²) in [4.78, 5) is 4.57. The van der Waals surface area contributed by atoms with Crippen molar-refractivity contribution in [1.29, 1.82) is 0 Å². The van der Waals surface area contributed by atoms with Gasteiger partial charge in [-0.25, -0.2) is 0 Å². The first-order valence-electron chi connectivity index (χ1n) is 8.21. The van der Waals surface area contributed by atoms with Crippen molar-refractivity contribution < 1.29 is 0 Å². The number of thioether (sulfide) groups is 1. The van der Waals surface area contributed by atoms with Crippen molar-refractivity contribution in [2.75, 3.05) is 25.9 Å². The SMILES string of the molecule is C=CCNC(=NCCCc1nnc(SC)n1CC(C)C)NCC. The molecule has 0 aromatic carbocycles. The Balaban J connectivity index is 2.57. The highest BCUT2D eigenvalue weighted by Crippen LogP contribution is 2.16. The minimum atomic E-state index is 0.581. The van der Waals surface area contributed by atoms with E-state index in [1.807, 2.05) is 12.3 Å². The van der Waals surface area contributed by atoms with Gasteiger partial charge in [0.1, 0.15) is 5.82 Å². The Morgan fingerprint density at radius 1 is 1.39 bits per heavy atom. The summed E-state index contributed by atoms with van der Waals surface area (Å²) in [5.41, 5.74) is 0. The zero-order valence-corrected chi connectivity index (χ0v) is 15.6. The van der Waals surface area contributed by atoms with Crippen LogP contribution < -0.4 is 10.6 Å². The summed E-state index contributed by atoms with van der Waals surface area (Å²) in [6.45, 7) is 13.5. The number of nitrogens with one attached hydrogen (secondary N) is 2. The van der Waals surface area contributed by atoms with Crippen LogP contribution in [0.4, 0.5) is 0 Å². The van der Waals surface area contributed by atoms with E-state index in [9.17, 15) is 0 Å². The third kappa shape index (κ3) is 7.07. The molecule has 0 amide bonds. The molecule has 1 aromatic heterocycles. The van der Waals surface area contributed by atoms with E-state index in [2.05, 4.69) is 57.7 Å². The molecule has 0 fully saturated rings. The van der Waals surface area contributed by atoms with E-state index in [1.54, 1.807) is 11.8 Å². The quantitative estimate of drug-likeness (QED) is 0.225. The largest absolute Gasteiger partial charge is 0.357 e. The molecule has 6 nitrogen and oxygen atoms in total. The molecule has 0 saturated heterocycles. The van der Waals surface area contributed by atoms with Crippen molar-refractivity contribution in [2.45, 2.75) is 45.3 Å². The Labute approximate surface area is 144 Å². The summed E-state index contributed by atoms with van der Waals surface area (Å²) in [5.74, 6) is 2.47. The molecule has 1 rings (SSSR count). The Bertz CT molecular complexity index is 495. The van der Waals surface area contributed by atoms with E-state index in [-0.39, 0.29) is 0 Å². The average molecular weight is 339 g/mol. The van der Waals surface area contributed by atoms with E-state index in [0.29, 0.717) is 12.5 Å². The molecular weight excluding hydrogens is 308 g/mol. The smallest absolute Gasteiger partial charge is 0.191 e. The van der Waals surface area contributed by atoms with E-state index in [1.165, 1.54) is 0 Å². The van der Waals surface area contributed by atoms with Crippen molar-refractivity contribution in [3.8, 4) is 0 Å². The summed E-state index contributed by atoms with van der Waals surface area (Å²) < 4.78 is 2.24. The molecule has 0 saturated carbocycles. The maximum Gasteiger partial charge on any atom is 0.191 e. The van der Waals surface area contributed by atoms with Crippen LogP contribution in [0.15, 0.2) is 22.8 Å². The average Bonchev–Trinajstić information content (AvgIpc) is 2.90. The van der Waals surface area contributed by atoms with Gasteiger partial charge in [0.2, 0.25) is 0 Å². The third-order valence-electron chi connectivity index (χ3n) is 3.11. The minimum Gasteiger partial charge on any atom is -0.357 e. The summed E-state index contributed by atoms with van der Waals surface area (Å²) in [7, 11) is 0. The monoisotopic (exact) mass is 338 g/mol. The zero-order chi connectivity index (χ0) is 17.1. The molecule has 0 bridgehead atoms. The van der Waals surface area contributed by atoms with Gasteiger partial charge in [-0.05, 0) is 25.5 Å². The molecule has 0 atom stereocenters. The van der Waals surface area contributed by atoms with Gasteiger partial charge in [0.05, 0.1) is 0 Å². The molecule has 7 heteroatoms. The zero-order valence-electron chi connectivity index (χ0n) is 14.8. The molecule has 0 aliphatic rings. The fourth-order valence-electron chi connectivity index (χ4n) is 2.14. The Kier molecular flexibility index (Phi) is 9.43. The first kappa shape index (κ1) is 19.5. The second-order valence-electron chi connectivity index (χ2n) is 5.64. The number of nitrogens with zero attached hydrogens (tertiary/aromatic N) is 4. The van der Waals surface area contributed by atoms with Gasteiger partial charge in [-0.15, -0.1) is 16.8 Å². The first-order chi connectivity index (χ1) is 11.1. The van der Waals surface area contributed by atoms with Gasteiger partial charge in [-0.3, -0.25) is 4.99 Å². The number of rotatable bonds is 10. The summed E-state index contributed by atoms with van der Waals surface area (Å²) in [6.07, 6.45) is 5.72. The molecule has 2 N–H and O–H groups in total. The van der Waals surface area contributed by atoms with Crippen molar-refractivity contribution in [3.63, 3.8) is 0 Å². The van der Waals surface area contributed by atoms with Gasteiger partial charge >= 0.3 is 0 Å². The van der Waals surface area contributed by atoms with E-state index >= 15 is 0 Å². The lowest BCUT2D eigenvalue weighted by atomic mass is 10.2. The van der Waals surface area contributed by atoms with E-state index in [0.717, 1.165) is 49.4 Å².